The van der Waals surface area contributed by atoms with Gasteiger partial charge in [-0.25, -0.2) is 0 Å². The van der Waals surface area contributed by atoms with E-state index in [-0.39, 0.29) is 17.9 Å². The molecule has 0 spiro atoms. The van der Waals surface area contributed by atoms with Crippen LogP contribution in [0.25, 0.3) is 11.1 Å². The van der Waals surface area contributed by atoms with Gasteiger partial charge in [-0.1, -0.05) is 105 Å². The average Bonchev–Trinajstić information content (AvgIpc) is 3.11. The van der Waals surface area contributed by atoms with Gasteiger partial charge in [0.1, 0.15) is 6.29 Å². The van der Waals surface area contributed by atoms with Crippen LogP contribution in [0.1, 0.15) is 42.6 Å². The van der Waals surface area contributed by atoms with E-state index in [0.717, 1.165) is 31.1 Å². The van der Waals surface area contributed by atoms with Gasteiger partial charge in [-0.3, -0.25) is 9.59 Å². The number of carbonyl (C=O) groups is 2. The largest absolute Gasteiger partial charge is 0.316 e. The Labute approximate surface area is 191 Å². The van der Waals surface area contributed by atoms with E-state index >= 15 is 0 Å². The fraction of sp³-hybridized carbons (Fsp3) is 0.241. The molecule has 3 aromatic rings. The minimum atomic E-state index is 0.125. The summed E-state index contributed by atoms with van der Waals surface area (Å²) in [6, 6.07) is 28.5. The van der Waals surface area contributed by atoms with Gasteiger partial charge in [0.05, 0.1) is 0 Å². The first-order chi connectivity index (χ1) is 15.6. The second-order valence-corrected chi connectivity index (χ2v) is 8.12. The minimum Gasteiger partial charge on any atom is -0.316 e. The maximum atomic E-state index is 12.3. The van der Waals surface area contributed by atoms with E-state index in [2.05, 4.69) is 61.5 Å². The molecule has 1 fully saturated rings. The van der Waals surface area contributed by atoms with Crippen LogP contribution >= 0.6 is 0 Å². The molecule has 0 aliphatic carbocycles. The molecule has 1 aliphatic heterocycles. The summed E-state index contributed by atoms with van der Waals surface area (Å²) in [6.45, 7) is 4.13. The molecule has 1 saturated heterocycles. The van der Waals surface area contributed by atoms with E-state index in [1.165, 1.54) is 16.7 Å². The third-order valence-electron chi connectivity index (χ3n) is 5.66. The number of hydrogen-bond donors (Lipinski definition) is 0. The van der Waals surface area contributed by atoms with E-state index in [1.54, 1.807) is 12.1 Å². The van der Waals surface area contributed by atoms with Crippen molar-refractivity contribution in [1.82, 2.24) is 4.90 Å². The Kier molecular flexibility index (Phi) is 8.56. The second kappa shape index (κ2) is 11.8. The summed E-state index contributed by atoms with van der Waals surface area (Å²) in [5.41, 5.74) is 4.49. The molecular formula is C29H31NO2. The molecule has 0 aromatic heterocycles. The van der Waals surface area contributed by atoms with Crippen LogP contribution in [-0.2, 0) is 11.2 Å². The number of amides is 1. The third kappa shape index (κ3) is 6.27. The molecule has 0 radical (unpaired) electrons. The van der Waals surface area contributed by atoms with Crippen LogP contribution in [0, 0.1) is 5.92 Å². The van der Waals surface area contributed by atoms with Crippen LogP contribution in [0.3, 0.4) is 0 Å². The first kappa shape index (κ1) is 23.2. The molecule has 1 amide bonds. The van der Waals surface area contributed by atoms with Gasteiger partial charge in [0, 0.05) is 23.7 Å². The number of aldehydes is 1. The number of benzene rings is 3. The van der Waals surface area contributed by atoms with Crippen LogP contribution in [0.2, 0.25) is 0 Å². The van der Waals surface area contributed by atoms with Gasteiger partial charge in [-0.05, 0) is 36.0 Å². The van der Waals surface area contributed by atoms with Crippen molar-refractivity contribution in [3.05, 3.63) is 108 Å². The standard InChI is InChI=1S/C22H25NO.C7H6O/c1-3-4-14-23-21(15-17(2)22(23)24)16-18-10-12-20(13-11-18)19-8-6-5-7-9-19;8-6-7-4-2-1-3-5-7/h4-14,17,21H,3,15-16H2,1-2H3;1-6H/b14-4+;/t17?,21-;/m0./s1. The van der Waals surface area contributed by atoms with Gasteiger partial charge in [0.15, 0.2) is 0 Å². The number of hydrogen-bond acceptors (Lipinski definition) is 2. The minimum absolute atomic E-state index is 0.125. The van der Waals surface area contributed by atoms with E-state index in [4.69, 9.17) is 0 Å². The number of likely N-dealkylation sites (tertiary alicyclic amines) is 1. The lowest BCUT2D eigenvalue weighted by Gasteiger charge is -2.21. The van der Waals surface area contributed by atoms with Crippen LogP contribution < -0.4 is 0 Å². The molecule has 0 saturated carbocycles. The Morgan fingerprint density at radius 1 is 0.875 bits per heavy atom. The molecule has 2 atom stereocenters. The van der Waals surface area contributed by atoms with Crippen molar-refractivity contribution in [1.29, 1.82) is 0 Å². The lowest BCUT2D eigenvalue weighted by molar-refractivity contribution is -0.129. The van der Waals surface area contributed by atoms with Crippen LogP contribution in [0.4, 0.5) is 0 Å². The van der Waals surface area contributed by atoms with Crippen molar-refractivity contribution >= 4 is 12.2 Å². The number of rotatable bonds is 6. The van der Waals surface area contributed by atoms with E-state index < -0.39 is 0 Å². The van der Waals surface area contributed by atoms with E-state index in [1.807, 2.05) is 42.3 Å². The summed E-state index contributed by atoms with van der Waals surface area (Å²) >= 11 is 0. The van der Waals surface area contributed by atoms with Crippen molar-refractivity contribution < 1.29 is 9.59 Å². The molecule has 3 heteroatoms. The third-order valence-corrected chi connectivity index (χ3v) is 5.66. The monoisotopic (exact) mass is 425 g/mol. The van der Waals surface area contributed by atoms with Gasteiger partial charge in [0.25, 0.3) is 0 Å². The molecule has 4 rings (SSSR count). The van der Waals surface area contributed by atoms with Gasteiger partial charge in [-0.15, -0.1) is 0 Å². The van der Waals surface area contributed by atoms with Crippen LogP contribution in [0.5, 0.6) is 0 Å². The maximum Gasteiger partial charge on any atom is 0.229 e. The first-order valence-electron chi connectivity index (χ1n) is 11.3. The zero-order valence-electron chi connectivity index (χ0n) is 18.9. The highest BCUT2D eigenvalue weighted by atomic mass is 16.2. The van der Waals surface area contributed by atoms with E-state index in [0.29, 0.717) is 0 Å². The van der Waals surface area contributed by atoms with Crippen molar-refractivity contribution in [2.45, 2.75) is 39.2 Å². The highest BCUT2D eigenvalue weighted by Crippen LogP contribution is 2.28. The van der Waals surface area contributed by atoms with Crippen molar-refractivity contribution in [2.24, 2.45) is 5.92 Å². The van der Waals surface area contributed by atoms with Crippen LogP contribution in [-0.4, -0.2) is 23.1 Å². The SMILES string of the molecule is CC/C=C/N1C(=O)C(C)C[C@H]1Cc1ccc(-c2ccccc2)cc1.O=Cc1ccccc1. The number of allylic oxidation sites excluding steroid dienone is 1. The molecular weight excluding hydrogens is 394 g/mol. The molecule has 1 unspecified atom stereocenters. The smallest absolute Gasteiger partial charge is 0.229 e. The summed E-state index contributed by atoms with van der Waals surface area (Å²) < 4.78 is 0. The zero-order chi connectivity index (χ0) is 22.8. The lowest BCUT2D eigenvalue weighted by Crippen LogP contribution is -2.30. The summed E-state index contributed by atoms with van der Waals surface area (Å²) in [5.74, 6) is 0.380. The quantitative estimate of drug-likeness (QED) is 0.420. The number of nitrogens with zero attached hydrogens (tertiary/aromatic N) is 1. The molecule has 0 N–H and O–H groups in total. The van der Waals surface area contributed by atoms with Gasteiger partial charge >= 0.3 is 0 Å². The molecule has 32 heavy (non-hydrogen) atoms. The Hall–Kier alpha value is -3.46. The fourth-order valence-corrected chi connectivity index (χ4v) is 3.92. The summed E-state index contributed by atoms with van der Waals surface area (Å²) in [4.78, 5) is 24.3. The van der Waals surface area contributed by atoms with Crippen LogP contribution in [0.15, 0.2) is 97.2 Å². The Bertz CT molecular complexity index is 1010. The first-order valence-corrected chi connectivity index (χ1v) is 11.3. The Morgan fingerprint density at radius 3 is 2.03 bits per heavy atom. The Balaban J connectivity index is 0.000000305. The highest BCUT2D eigenvalue weighted by molar-refractivity contribution is 5.82. The molecule has 1 heterocycles. The lowest BCUT2D eigenvalue weighted by atomic mass is 9.98. The number of carbonyl (C=O) groups excluding carboxylic acids is 2. The Morgan fingerprint density at radius 2 is 1.47 bits per heavy atom. The predicted octanol–water partition coefficient (Wildman–Crippen LogP) is 6.56. The van der Waals surface area contributed by atoms with E-state index in [9.17, 15) is 9.59 Å². The summed E-state index contributed by atoms with van der Waals surface area (Å²) in [6.07, 6.45) is 7.69. The molecule has 164 valence electrons. The highest BCUT2D eigenvalue weighted by Gasteiger charge is 2.35. The van der Waals surface area contributed by atoms with Gasteiger partial charge in [0.2, 0.25) is 5.91 Å². The maximum absolute atomic E-state index is 12.3. The molecule has 0 bridgehead atoms. The second-order valence-electron chi connectivity index (χ2n) is 8.12. The summed E-state index contributed by atoms with van der Waals surface area (Å²) in [5, 5.41) is 0. The zero-order valence-corrected chi connectivity index (χ0v) is 18.9. The molecule has 3 nitrogen and oxygen atoms in total. The summed E-state index contributed by atoms with van der Waals surface area (Å²) in [7, 11) is 0. The molecule has 1 aliphatic rings. The van der Waals surface area contributed by atoms with Gasteiger partial charge < -0.3 is 4.90 Å². The van der Waals surface area contributed by atoms with Crippen molar-refractivity contribution in [2.75, 3.05) is 0 Å². The predicted molar refractivity (Wildman–Crippen MR) is 131 cm³/mol. The fourth-order valence-electron chi connectivity index (χ4n) is 3.92. The topological polar surface area (TPSA) is 37.4 Å². The normalized spacial score (nSPS) is 17.8. The van der Waals surface area contributed by atoms with Gasteiger partial charge in [-0.2, -0.15) is 0 Å². The van der Waals surface area contributed by atoms with Crippen molar-refractivity contribution in [3.8, 4) is 11.1 Å². The van der Waals surface area contributed by atoms with Crippen molar-refractivity contribution in [3.63, 3.8) is 0 Å². The average molecular weight is 426 g/mol. The molecule has 3 aromatic carbocycles.